The molecule has 1 N–H and O–H groups in total. The van der Waals surface area contributed by atoms with E-state index in [0.29, 0.717) is 22.9 Å². The van der Waals surface area contributed by atoms with Crippen LogP contribution in [-0.2, 0) is 0 Å². The van der Waals surface area contributed by atoms with Crippen LogP contribution in [0.15, 0.2) is 30.3 Å². The van der Waals surface area contributed by atoms with E-state index in [1.807, 2.05) is 0 Å². The average molecular weight is 294 g/mol. The molecule has 0 saturated heterocycles. The van der Waals surface area contributed by atoms with Crippen LogP contribution >= 0.6 is 11.6 Å². The van der Waals surface area contributed by atoms with E-state index in [2.05, 4.69) is 15.5 Å². The van der Waals surface area contributed by atoms with Gasteiger partial charge in [0.15, 0.2) is 11.0 Å². The van der Waals surface area contributed by atoms with Gasteiger partial charge in [-0.05, 0) is 30.3 Å². The Bertz CT molecular complexity index is 617. The Morgan fingerprint density at radius 1 is 1.15 bits per heavy atom. The van der Waals surface area contributed by atoms with Crippen LogP contribution in [-0.4, -0.2) is 30.3 Å². The molecule has 2 rings (SSSR count). The molecule has 0 spiro atoms. The molecule has 104 valence electrons. The highest BCUT2D eigenvalue weighted by atomic mass is 35.5. The molecule has 0 bridgehead atoms. The van der Waals surface area contributed by atoms with E-state index in [0.717, 1.165) is 0 Å². The van der Waals surface area contributed by atoms with Gasteiger partial charge in [0.1, 0.15) is 11.5 Å². The smallest absolute Gasteiger partial charge is 0.260 e. The summed E-state index contributed by atoms with van der Waals surface area (Å²) in [7, 11) is 3.01. The zero-order valence-corrected chi connectivity index (χ0v) is 11.6. The third-order valence-corrected chi connectivity index (χ3v) is 2.73. The molecule has 0 aliphatic carbocycles. The first-order valence-corrected chi connectivity index (χ1v) is 6.04. The number of ether oxygens (including phenoxy) is 2. The molecule has 0 atom stereocenters. The molecule has 0 aliphatic rings. The van der Waals surface area contributed by atoms with Gasteiger partial charge in [-0.2, -0.15) is 0 Å². The SMILES string of the molecule is COc1ccc(OC)c(C(=O)Nc2ccc(Cl)nn2)c1. The number of hydrogen-bond acceptors (Lipinski definition) is 5. The van der Waals surface area contributed by atoms with Crippen molar-refractivity contribution in [1.82, 2.24) is 10.2 Å². The molecule has 0 fully saturated rings. The molecule has 0 radical (unpaired) electrons. The quantitative estimate of drug-likeness (QED) is 0.937. The lowest BCUT2D eigenvalue weighted by Gasteiger charge is -2.10. The molecular formula is C13H12ClN3O3. The summed E-state index contributed by atoms with van der Waals surface area (Å²) in [6.45, 7) is 0. The molecule has 0 aliphatic heterocycles. The number of methoxy groups -OCH3 is 2. The van der Waals surface area contributed by atoms with Crippen LogP contribution in [0.2, 0.25) is 5.15 Å². The Morgan fingerprint density at radius 2 is 1.95 bits per heavy atom. The van der Waals surface area contributed by atoms with Gasteiger partial charge in [-0.3, -0.25) is 4.79 Å². The second kappa shape index (κ2) is 6.21. The van der Waals surface area contributed by atoms with E-state index in [4.69, 9.17) is 21.1 Å². The lowest BCUT2D eigenvalue weighted by molar-refractivity contribution is 0.102. The Labute approximate surface area is 120 Å². The number of rotatable bonds is 4. The number of carbonyl (C=O) groups is 1. The van der Waals surface area contributed by atoms with Crippen molar-refractivity contribution in [3.63, 3.8) is 0 Å². The van der Waals surface area contributed by atoms with Crippen LogP contribution < -0.4 is 14.8 Å². The van der Waals surface area contributed by atoms with Crippen LogP contribution in [0.5, 0.6) is 11.5 Å². The van der Waals surface area contributed by atoms with Crippen molar-refractivity contribution in [2.45, 2.75) is 0 Å². The van der Waals surface area contributed by atoms with Crippen molar-refractivity contribution in [1.29, 1.82) is 0 Å². The fourth-order valence-corrected chi connectivity index (χ4v) is 1.66. The van der Waals surface area contributed by atoms with Crippen molar-refractivity contribution < 1.29 is 14.3 Å². The topological polar surface area (TPSA) is 73.3 Å². The summed E-state index contributed by atoms with van der Waals surface area (Å²) in [6.07, 6.45) is 0. The van der Waals surface area contributed by atoms with Gasteiger partial charge in [0.2, 0.25) is 0 Å². The van der Waals surface area contributed by atoms with Gasteiger partial charge < -0.3 is 14.8 Å². The monoisotopic (exact) mass is 293 g/mol. The van der Waals surface area contributed by atoms with Crippen molar-refractivity contribution in [2.24, 2.45) is 0 Å². The molecule has 0 saturated carbocycles. The maximum absolute atomic E-state index is 12.2. The zero-order chi connectivity index (χ0) is 14.5. The summed E-state index contributed by atoms with van der Waals surface area (Å²) in [4.78, 5) is 12.2. The van der Waals surface area contributed by atoms with E-state index >= 15 is 0 Å². The van der Waals surface area contributed by atoms with E-state index in [1.54, 1.807) is 24.3 Å². The van der Waals surface area contributed by atoms with Gasteiger partial charge in [-0.1, -0.05) is 11.6 Å². The van der Waals surface area contributed by atoms with Gasteiger partial charge >= 0.3 is 0 Å². The standard InChI is InChI=1S/C13H12ClN3O3/c1-19-8-3-4-10(20-2)9(7-8)13(18)15-12-6-5-11(14)16-17-12/h3-7H,1-2H3,(H,15,17,18). The van der Waals surface area contributed by atoms with E-state index < -0.39 is 0 Å². The number of amides is 1. The van der Waals surface area contributed by atoms with Gasteiger partial charge in [-0.25, -0.2) is 0 Å². The van der Waals surface area contributed by atoms with E-state index in [1.165, 1.54) is 20.3 Å². The maximum atomic E-state index is 12.2. The fraction of sp³-hybridized carbons (Fsp3) is 0.154. The second-order valence-electron chi connectivity index (χ2n) is 3.76. The van der Waals surface area contributed by atoms with Crippen LogP contribution in [0.1, 0.15) is 10.4 Å². The van der Waals surface area contributed by atoms with Crippen molar-refractivity contribution in [3.8, 4) is 11.5 Å². The number of hydrogen-bond donors (Lipinski definition) is 1. The van der Waals surface area contributed by atoms with Gasteiger partial charge in [0, 0.05) is 0 Å². The minimum Gasteiger partial charge on any atom is -0.497 e. The average Bonchev–Trinajstić information content (AvgIpc) is 2.48. The summed E-state index contributed by atoms with van der Waals surface area (Å²) in [5.74, 6) is 0.907. The highest BCUT2D eigenvalue weighted by molar-refractivity contribution is 6.29. The first-order valence-electron chi connectivity index (χ1n) is 5.66. The lowest BCUT2D eigenvalue weighted by atomic mass is 10.1. The summed E-state index contributed by atoms with van der Waals surface area (Å²) in [5, 5.41) is 10.3. The highest BCUT2D eigenvalue weighted by Gasteiger charge is 2.14. The number of aromatic nitrogens is 2. The van der Waals surface area contributed by atoms with Crippen molar-refractivity contribution >= 4 is 23.3 Å². The largest absolute Gasteiger partial charge is 0.497 e. The molecule has 1 amide bonds. The zero-order valence-electron chi connectivity index (χ0n) is 10.9. The highest BCUT2D eigenvalue weighted by Crippen LogP contribution is 2.24. The first kappa shape index (κ1) is 14.1. The van der Waals surface area contributed by atoms with Crippen LogP contribution in [0.25, 0.3) is 0 Å². The van der Waals surface area contributed by atoms with Crippen LogP contribution in [0, 0.1) is 0 Å². The maximum Gasteiger partial charge on any atom is 0.260 e. The number of nitrogens with one attached hydrogen (secondary N) is 1. The Kier molecular flexibility index (Phi) is 4.37. The molecule has 2 aromatic rings. The fourth-order valence-electron chi connectivity index (χ4n) is 1.56. The van der Waals surface area contributed by atoms with Gasteiger partial charge in [0.05, 0.1) is 19.8 Å². The van der Waals surface area contributed by atoms with Crippen LogP contribution in [0.4, 0.5) is 5.82 Å². The lowest BCUT2D eigenvalue weighted by Crippen LogP contribution is -2.14. The van der Waals surface area contributed by atoms with Gasteiger partial charge in [0.25, 0.3) is 5.91 Å². The number of nitrogens with zero attached hydrogens (tertiary/aromatic N) is 2. The number of halogens is 1. The number of carbonyl (C=O) groups excluding carboxylic acids is 1. The number of anilines is 1. The summed E-state index contributed by atoms with van der Waals surface area (Å²) >= 11 is 5.63. The Hall–Kier alpha value is -2.34. The molecule has 6 nitrogen and oxygen atoms in total. The van der Waals surface area contributed by atoms with E-state index in [9.17, 15) is 4.79 Å². The molecular weight excluding hydrogens is 282 g/mol. The summed E-state index contributed by atoms with van der Waals surface area (Å²) < 4.78 is 10.2. The third kappa shape index (κ3) is 3.16. The van der Waals surface area contributed by atoms with E-state index in [-0.39, 0.29) is 11.1 Å². The van der Waals surface area contributed by atoms with Crippen molar-refractivity contribution in [3.05, 3.63) is 41.0 Å². The predicted molar refractivity (Wildman–Crippen MR) is 74.5 cm³/mol. The Morgan fingerprint density at radius 3 is 2.55 bits per heavy atom. The van der Waals surface area contributed by atoms with Crippen molar-refractivity contribution in [2.75, 3.05) is 19.5 Å². The van der Waals surface area contributed by atoms with Crippen LogP contribution in [0.3, 0.4) is 0 Å². The molecule has 1 aromatic carbocycles. The Balaban J connectivity index is 2.25. The minimum absolute atomic E-state index is 0.252. The molecule has 0 unspecified atom stereocenters. The minimum atomic E-state index is -0.377. The molecule has 7 heteroatoms. The first-order chi connectivity index (χ1) is 9.63. The normalized spacial score (nSPS) is 9.95. The molecule has 20 heavy (non-hydrogen) atoms. The van der Waals surface area contributed by atoms with Gasteiger partial charge in [-0.15, -0.1) is 10.2 Å². The number of benzene rings is 1. The summed E-state index contributed by atoms with van der Waals surface area (Å²) in [5.41, 5.74) is 0.337. The molecule has 1 aromatic heterocycles. The molecule has 1 heterocycles. The predicted octanol–water partition coefficient (Wildman–Crippen LogP) is 2.40. The summed E-state index contributed by atoms with van der Waals surface area (Å²) in [6, 6.07) is 8.03. The second-order valence-corrected chi connectivity index (χ2v) is 4.15. The third-order valence-electron chi connectivity index (χ3n) is 2.52.